The molecule has 2 amide bonds. The molecule has 6 heteroatoms. The molecular formula is C24H23ClN2O3. The molecule has 0 aliphatic carbocycles. The third kappa shape index (κ3) is 4.26. The third-order valence-corrected chi connectivity index (χ3v) is 5.62. The van der Waals surface area contributed by atoms with Crippen molar-refractivity contribution in [1.82, 2.24) is 9.80 Å². The lowest BCUT2D eigenvalue weighted by Crippen LogP contribution is -2.53. The van der Waals surface area contributed by atoms with Crippen molar-refractivity contribution in [2.45, 2.75) is 13.0 Å². The van der Waals surface area contributed by atoms with Gasteiger partial charge in [-0.3, -0.25) is 9.59 Å². The summed E-state index contributed by atoms with van der Waals surface area (Å²) in [5, 5.41) is 2.62. The van der Waals surface area contributed by atoms with E-state index in [1.165, 1.54) is 0 Å². The summed E-state index contributed by atoms with van der Waals surface area (Å²) in [6.07, 6.45) is -0.605. The molecule has 30 heavy (non-hydrogen) atoms. The molecule has 0 radical (unpaired) electrons. The van der Waals surface area contributed by atoms with Crippen molar-refractivity contribution in [3.63, 3.8) is 0 Å². The van der Waals surface area contributed by atoms with Crippen LogP contribution in [0.25, 0.3) is 10.8 Å². The summed E-state index contributed by atoms with van der Waals surface area (Å²) in [4.78, 5) is 29.4. The summed E-state index contributed by atoms with van der Waals surface area (Å²) >= 11 is 5.89. The maximum Gasteiger partial charge on any atom is 0.263 e. The quantitative estimate of drug-likeness (QED) is 0.631. The number of halogens is 1. The van der Waals surface area contributed by atoms with Crippen LogP contribution in [0.15, 0.2) is 66.7 Å². The number of hydrogen-bond donors (Lipinski definition) is 0. The van der Waals surface area contributed by atoms with Crippen molar-refractivity contribution < 1.29 is 14.3 Å². The Bertz CT molecular complexity index is 1050. The molecule has 154 valence electrons. The molecule has 0 N–H and O–H groups in total. The van der Waals surface area contributed by atoms with E-state index in [0.29, 0.717) is 42.5 Å². The van der Waals surface area contributed by atoms with Crippen LogP contribution >= 0.6 is 11.6 Å². The lowest BCUT2D eigenvalue weighted by atomic mass is 10.0. The average molecular weight is 423 g/mol. The Morgan fingerprint density at radius 2 is 1.50 bits per heavy atom. The molecule has 1 saturated heterocycles. The van der Waals surface area contributed by atoms with E-state index in [4.69, 9.17) is 16.3 Å². The zero-order valence-electron chi connectivity index (χ0n) is 16.8. The topological polar surface area (TPSA) is 49.9 Å². The van der Waals surface area contributed by atoms with E-state index in [0.717, 1.165) is 10.8 Å². The molecule has 4 rings (SSSR count). The van der Waals surface area contributed by atoms with Gasteiger partial charge in [-0.1, -0.05) is 48.0 Å². The number of carbonyl (C=O) groups excluding carboxylic acids is 2. The van der Waals surface area contributed by atoms with E-state index >= 15 is 0 Å². The molecule has 1 aliphatic heterocycles. The van der Waals surface area contributed by atoms with E-state index in [-0.39, 0.29) is 11.8 Å². The fraction of sp³-hybridized carbons (Fsp3) is 0.250. The summed E-state index contributed by atoms with van der Waals surface area (Å²) in [6.45, 7) is 3.72. The molecule has 3 aromatic rings. The number of benzene rings is 3. The Hall–Kier alpha value is -3.05. The number of ether oxygens (including phenoxy) is 1. The Morgan fingerprint density at radius 3 is 2.23 bits per heavy atom. The summed E-state index contributed by atoms with van der Waals surface area (Å²) < 4.78 is 5.75. The lowest BCUT2D eigenvalue weighted by Gasteiger charge is -2.36. The Labute approximate surface area is 180 Å². The standard InChI is InChI=1S/C24H23ClN2O3/c1-17(30-20-11-9-19(25)10-12-20)23(28)26-13-15-27(16-14-26)24(29)22-8-4-6-18-5-2-3-7-21(18)22/h2-12,17H,13-16H2,1H3. The Morgan fingerprint density at radius 1 is 0.867 bits per heavy atom. The van der Waals surface area contributed by atoms with Crippen LogP contribution in [0.2, 0.25) is 5.02 Å². The second kappa shape index (κ2) is 8.76. The van der Waals surface area contributed by atoms with Gasteiger partial charge in [-0.15, -0.1) is 0 Å². The largest absolute Gasteiger partial charge is 0.481 e. The summed E-state index contributed by atoms with van der Waals surface area (Å²) in [5.74, 6) is 0.525. The van der Waals surface area contributed by atoms with Crippen molar-refractivity contribution in [1.29, 1.82) is 0 Å². The van der Waals surface area contributed by atoms with Crippen LogP contribution in [-0.4, -0.2) is 53.9 Å². The van der Waals surface area contributed by atoms with Crippen LogP contribution in [0.4, 0.5) is 0 Å². The molecule has 0 aromatic heterocycles. The van der Waals surface area contributed by atoms with E-state index in [1.54, 1.807) is 36.1 Å². The first-order valence-corrected chi connectivity index (χ1v) is 10.4. The fourth-order valence-corrected chi connectivity index (χ4v) is 3.86. The van der Waals surface area contributed by atoms with E-state index in [1.807, 2.05) is 47.4 Å². The highest BCUT2D eigenvalue weighted by atomic mass is 35.5. The van der Waals surface area contributed by atoms with E-state index in [2.05, 4.69) is 0 Å². The third-order valence-electron chi connectivity index (χ3n) is 5.37. The van der Waals surface area contributed by atoms with Crippen molar-refractivity contribution >= 4 is 34.2 Å². The predicted octanol–water partition coefficient (Wildman–Crippen LogP) is 4.25. The van der Waals surface area contributed by atoms with Crippen molar-refractivity contribution in [2.24, 2.45) is 0 Å². The first-order chi connectivity index (χ1) is 14.5. The molecule has 0 spiro atoms. The van der Waals surface area contributed by atoms with E-state index in [9.17, 15) is 9.59 Å². The van der Waals surface area contributed by atoms with Crippen molar-refractivity contribution in [3.8, 4) is 5.75 Å². The molecular weight excluding hydrogens is 400 g/mol. The van der Waals surface area contributed by atoms with Gasteiger partial charge in [-0.25, -0.2) is 0 Å². The number of nitrogens with zero attached hydrogens (tertiary/aromatic N) is 2. The zero-order valence-corrected chi connectivity index (χ0v) is 17.5. The second-order valence-corrected chi connectivity index (χ2v) is 7.79. The highest BCUT2D eigenvalue weighted by Crippen LogP contribution is 2.21. The van der Waals surface area contributed by atoms with Gasteiger partial charge in [0.2, 0.25) is 0 Å². The normalized spacial score (nSPS) is 15.1. The molecule has 1 atom stereocenters. The monoisotopic (exact) mass is 422 g/mol. The van der Waals surface area contributed by atoms with Crippen LogP contribution < -0.4 is 4.74 Å². The molecule has 5 nitrogen and oxygen atoms in total. The minimum atomic E-state index is -0.605. The number of carbonyl (C=O) groups is 2. The molecule has 1 fully saturated rings. The summed E-state index contributed by atoms with van der Waals surface area (Å²) in [7, 11) is 0. The fourth-order valence-electron chi connectivity index (χ4n) is 3.74. The maximum absolute atomic E-state index is 13.1. The molecule has 1 aliphatic rings. The van der Waals surface area contributed by atoms with Crippen LogP contribution in [0, 0.1) is 0 Å². The van der Waals surface area contributed by atoms with Gasteiger partial charge < -0.3 is 14.5 Å². The van der Waals surface area contributed by atoms with Gasteiger partial charge in [0.1, 0.15) is 5.75 Å². The second-order valence-electron chi connectivity index (χ2n) is 7.36. The minimum Gasteiger partial charge on any atom is -0.481 e. The first-order valence-electron chi connectivity index (χ1n) is 10.0. The smallest absolute Gasteiger partial charge is 0.263 e. The van der Waals surface area contributed by atoms with Crippen LogP contribution in [-0.2, 0) is 4.79 Å². The highest BCUT2D eigenvalue weighted by molar-refractivity contribution is 6.30. The van der Waals surface area contributed by atoms with Gasteiger partial charge in [0.05, 0.1) is 0 Å². The van der Waals surface area contributed by atoms with Crippen molar-refractivity contribution in [3.05, 3.63) is 77.3 Å². The number of fused-ring (bicyclic) bond motifs is 1. The van der Waals surface area contributed by atoms with Gasteiger partial charge in [0.25, 0.3) is 11.8 Å². The molecule has 0 saturated carbocycles. The van der Waals surface area contributed by atoms with Gasteiger partial charge in [-0.2, -0.15) is 0 Å². The average Bonchev–Trinajstić information content (AvgIpc) is 2.79. The molecule has 1 unspecified atom stereocenters. The van der Waals surface area contributed by atoms with Gasteiger partial charge in [0, 0.05) is 36.8 Å². The Balaban J connectivity index is 1.37. The van der Waals surface area contributed by atoms with Crippen LogP contribution in [0.3, 0.4) is 0 Å². The minimum absolute atomic E-state index is 0.00404. The first kappa shape index (κ1) is 20.2. The molecule has 3 aromatic carbocycles. The van der Waals surface area contributed by atoms with Crippen molar-refractivity contribution in [2.75, 3.05) is 26.2 Å². The lowest BCUT2D eigenvalue weighted by molar-refractivity contribution is -0.139. The Kier molecular flexibility index (Phi) is 5.91. The molecule has 1 heterocycles. The number of amides is 2. The highest BCUT2D eigenvalue weighted by Gasteiger charge is 2.28. The van der Waals surface area contributed by atoms with Crippen LogP contribution in [0.1, 0.15) is 17.3 Å². The predicted molar refractivity (Wildman–Crippen MR) is 118 cm³/mol. The molecule has 0 bridgehead atoms. The zero-order chi connectivity index (χ0) is 21.1. The van der Waals surface area contributed by atoms with Crippen LogP contribution in [0.5, 0.6) is 5.75 Å². The SMILES string of the molecule is CC(Oc1ccc(Cl)cc1)C(=O)N1CCN(C(=O)c2cccc3ccccc23)CC1. The number of rotatable bonds is 4. The van der Waals surface area contributed by atoms with E-state index < -0.39 is 6.10 Å². The summed E-state index contributed by atoms with van der Waals surface area (Å²) in [5.41, 5.74) is 0.701. The van der Waals surface area contributed by atoms with Gasteiger partial charge in [0.15, 0.2) is 6.10 Å². The maximum atomic E-state index is 13.1. The number of piperazine rings is 1. The van der Waals surface area contributed by atoms with Gasteiger partial charge in [-0.05, 0) is 48.0 Å². The van der Waals surface area contributed by atoms with Gasteiger partial charge >= 0.3 is 0 Å². The number of hydrogen-bond acceptors (Lipinski definition) is 3. The summed E-state index contributed by atoms with van der Waals surface area (Å²) in [6, 6.07) is 20.6.